The van der Waals surface area contributed by atoms with Crippen LogP contribution in [0.2, 0.25) is 0 Å². The average Bonchev–Trinajstić information content (AvgIpc) is 2.34. The second-order valence-corrected chi connectivity index (χ2v) is 3.88. The molecule has 0 bridgehead atoms. The molecule has 1 fully saturated rings. The van der Waals surface area contributed by atoms with Crippen molar-refractivity contribution in [2.45, 2.75) is 25.9 Å². The highest BCUT2D eigenvalue weighted by Gasteiger charge is 2.23. The van der Waals surface area contributed by atoms with Gasteiger partial charge in [-0.25, -0.2) is 0 Å². The number of aliphatic hydroxyl groups excluding tert-OH is 1. The molecule has 1 N–H and O–H groups in total. The molecular weight excluding hydrogens is 210 g/mol. The van der Waals surface area contributed by atoms with E-state index in [9.17, 15) is 4.79 Å². The zero-order valence-electron chi connectivity index (χ0n) is 9.85. The number of hydrogen-bond acceptors (Lipinski definition) is 4. The van der Waals surface area contributed by atoms with E-state index in [2.05, 4.69) is 0 Å². The van der Waals surface area contributed by atoms with Crippen LogP contribution in [-0.2, 0) is 14.3 Å². The third kappa shape index (κ3) is 4.47. The van der Waals surface area contributed by atoms with Gasteiger partial charge in [0.25, 0.3) is 0 Å². The number of carbonyl (C=O) groups is 1. The highest BCUT2D eigenvalue weighted by Crippen LogP contribution is 2.06. The van der Waals surface area contributed by atoms with Crippen LogP contribution in [0.4, 0.5) is 0 Å². The van der Waals surface area contributed by atoms with E-state index in [0.29, 0.717) is 39.3 Å². The molecular formula is C11H21NO4. The van der Waals surface area contributed by atoms with Crippen LogP contribution >= 0.6 is 0 Å². The number of aliphatic hydroxyl groups is 1. The van der Waals surface area contributed by atoms with Gasteiger partial charge in [-0.05, 0) is 6.42 Å². The lowest BCUT2D eigenvalue weighted by atomic mass is 10.2. The first-order valence-electron chi connectivity index (χ1n) is 5.86. The number of morpholine rings is 1. The molecule has 0 spiro atoms. The summed E-state index contributed by atoms with van der Waals surface area (Å²) in [5.41, 5.74) is 0. The van der Waals surface area contributed by atoms with Gasteiger partial charge in [-0.3, -0.25) is 4.79 Å². The molecule has 0 saturated carbocycles. The molecule has 94 valence electrons. The van der Waals surface area contributed by atoms with Crippen LogP contribution < -0.4 is 0 Å². The summed E-state index contributed by atoms with van der Waals surface area (Å²) in [4.78, 5) is 13.5. The van der Waals surface area contributed by atoms with Crippen LogP contribution in [0.5, 0.6) is 0 Å². The lowest BCUT2D eigenvalue weighted by Gasteiger charge is -2.32. The largest absolute Gasteiger partial charge is 0.394 e. The van der Waals surface area contributed by atoms with Crippen LogP contribution in [0.3, 0.4) is 0 Å². The van der Waals surface area contributed by atoms with Crippen LogP contribution in [0.25, 0.3) is 0 Å². The van der Waals surface area contributed by atoms with Gasteiger partial charge in [-0.15, -0.1) is 0 Å². The van der Waals surface area contributed by atoms with E-state index in [1.165, 1.54) is 0 Å². The maximum Gasteiger partial charge on any atom is 0.225 e. The van der Waals surface area contributed by atoms with Crippen molar-refractivity contribution < 1.29 is 19.4 Å². The quantitative estimate of drug-likeness (QED) is 0.655. The van der Waals surface area contributed by atoms with Crippen molar-refractivity contribution in [1.82, 2.24) is 4.90 Å². The number of amides is 1. The predicted molar refractivity (Wildman–Crippen MR) is 59.1 cm³/mol. The molecule has 1 atom stereocenters. The summed E-state index contributed by atoms with van der Waals surface area (Å²) in [6.07, 6.45) is 1.16. The van der Waals surface area contributed by atoms with Crippen molar-refractivity contribution in [1.29, 1.82) is 0 Å². The molecule has 1 amide bonds. The summed E-state index contributed by atoms with van der Waals surface area (Å²) in [6.45, 7) is 4.80. The SMILES string of the molecule is CCCOCCC(=O)N1CCOC(CO)C1. The van der Waals surface area contributed by atoms with Gasteiger partial charge in [0.15, 0.2) is 0 Å². The molecule has 16 heavy (non-hydrogen) atoms. The summed E-state index contributed by atoms with van der Waals surface area (Å²) in [7, 11) is 0. The summed E-state index contributed by atoms with van der Waals surface area (Å²) < 4.78 is 10.5. The zero-order chi connectivity index (χ0) is 11.8. The molecule has 1 heterocycles. The van der Waals surface area contributed by atoms with E-state index < -0.39 is 0 Å². The van der Waals surface area contributed by atoms with Crippen molar-refractivity contribution in [2.75, 3.05) is 39.5 Å². The van der Waals surface area contributed by atoms with Crippen molar-refractivity contribution >= 4 is 5.91 Å². The first-order chi connectivity index (χ1) is 7.77. The Morgan fingerprint density at radius 3 is 3.06 bits per heavy atom. The highest BCUT2D eigenvalue weighted by atomic mass is 16.5. The molecule has 1 aliphatic heterocycles. The molecule has 0 aliphatic carbocycles. The van der Waals surface area contributed by atoms with Crippen molar-refractivity contribution in [3.8, 4) is 0 Å². The number of carbonyl (C=O) groups excluding carboxylic acids is 1. The Hall–Kier alpha value is -0.650. The molecule has 1 unspecified atom stereocenters. The number of ether oxygens (including phenoxy) is 2. The molecule has 5 heteroatoms. The molecule has 0 radical (unpaired) electrons. The van der Waals surface area contributed by atoms with Crippen LogP contribution in [0.1, 0.15) is 19.8 Å². The lowest BCUT2D eigenvalue weighted by Crippen LogP contribution is -2.47. The van der Waals surface area contributed by atoms with Crippen molar-refractivity contribution in [3.05, 3.63) is 0 Å². The molecule has 5 nitrogen and oxygen atoms in total. The number of nitrogens with zero attached hydrogens (tertiary/aromatic N) is 1. The summed E-state index contributed by atoms with van der Waals surface area (Å²) in [5.74, 6) is 0.0813. The second kappa shape index (κ2) is 7.60. The van der Waals surface area contributed by atoms with E-state index >= 15 is 0 Å². The molecule has 0 aromatic heterocycles. The van der Waals surface area contributed by atoms with Gasteiger partial charge in [-0.2, -0.15) is 0 Å². The normalized spacial score (nSPS) is 21.1. The van der Waals surface area contributed by atoms with Gasteiger partial charge in [0.2, 0.25) is 5.91 Å². The minimum atomic E-state index is -0.228. The van der Waals surface area contributed by atoms with E-state index in [-0.39, 0.29) is 18.6 Å². The van der Waals surface area contributed by atoms with Gasteiger partial charge < -0.3 is 19.5 Å². The van der Waals surface area contributed by atoms with E-state index in [4.69, 9.17) is 14.6 Å². The minimum absolute atomic E-state index is 0.0316. The van der Waals surface area contributed by atoms with Gasteiger partial charge in [0.1, 0.15) is 0 Å². The highest BCUT2D eigenvalue weighted by molar-refractivity contribution is 5.76. The third-order valence-corrected chi connectivity index (χ3v) is 2.50. The Kier molecular flexibility index (Phi) is 6.37. The number of hydrogen-bond donors (Lipinski definition) is 1. The summed E-state index contributed by atoms with van der Waals surface area (Å²) in [5, 5.41) is 8.95. The molecule has 1 aliphatic rings. The van der Waals surface area contributed by atoms with Crippen molar-refractivity contribution in [3.63, 3.8) is 0 Å². The van der Waals surface area contributed by atoms with E-state index in [1.54, 1.807) is 4.90 Å². The topological polar surface area (TPSA) is 59.0 Å². The fourth-order valence-corrected chi connectivity index (χ4v) is 1.62. The fourth-order valence-electron chi connectivity index (χ4n) is 1.62. The predicted octanol–water partition coefficient (Wildman–Crippen LogP) is 0.0228. The smallest absolute Gasteiger partial charge is 0.225 e. The molecule has 0 aromatic carbocycles. The Bertz CT molecular complexity index is 210. The number of rotatable bonds is 6. The first kappa shape index (κ1) is 13.4. The van der Waals surface area contributed by atoms with Crippen molar-refractivity contribution in [2.24, 2.45) is 0 Å². The van der Waals surface area contributed by atoms with Crippen LogP contribution in [0, 0.1) is 0 Å². The Morgan fingerprint density at radius 1 is 1.56 bits per heavy atom. The molecule has 1 rings (SSSR count). The first-order valence-corrected chi connectivity index (χ1v) is 5.86. The minimum Gasteiger partial charge on any atom is -0.394 e. The van der Waals surface area contributed by atoms with Gasteiger partial charge in [0.05, 0.1) is 32.3 Å². The van der Waals surface area contributed by atoms with Crippen LogP contribution in [-0.4, -0.2) is 61.5 Å². The second-order valence-electron chi connectivity index (χ2n) is 3.88. The Morgan fingerprint density at radius 2 is 2.38 bits per heavy atom. The zero-order valence-corrected chi connectivity index (χ0v) is 9.85. The maximum atomic E-state index is 11.7. The monoisotopic (exact) mass is 231 g/mol. The van der Waals surface area contributed by atoms with Crippen LogP contribution in [0.15, 0.2) is 0 Å². The Labute approximate surface area is 96.3 Å². The fraction of sp³-hybridized carbons (Fsp3) is 0.909. The summed E-state index contributed by atoms with van der Waals surface area (Å²) in [6, 6.07) is 0. The summed E-state index contributed by atoms with van der Waals surface area (Å²) >= 11 is 0. The third-order valence-electron chi connectivity index (χ3n) is 2.50. The maximum absolute atomic E-state index is 11.7. The standard InChI is InChI=1S/C11H21NO4/c1-2-5-15-6-3-11(14)12-4-7-16-10(8-12)9-13/h10,13H,2-9H2,1H3. The van der Waals surface area contributed by atoms with Gasteiger partial charge in [-0.1, -0.05) is 6.92 Å². The van der Waals surface area contributed by atoms with Gasteiger partial charge in [0, 0.05) is 19.7 Å². The molecule has 0 aromatic rings. The Balaban J connectivity index is 2.19. The molecule has 1 saturated heterocycles. The lowest BCUT2D eigenvalue weighted by molar-refractivity contribution is -0.141. The van der Waals surface area contributed by atoms with E-state index in [1.807, 2.05) is 6.92 Å². The average molecular weight is 231 g/mol. The van der Waals surface area contributed by atoms with Gasteiger partial charge >= 0.3 is 0 Å². The van der Waals surface area contributed by atoms with E-state index in [0.717, 1.165) is 6.42 Å².